The van der Waals surface area contributed by atoms with E-state index in [4.69, 9.17) is 10.5 Å². The largest absolute Gasteiger partial charge is 2.00 e. The third kappa shape index (κ3) is 24.1. The number of hydrogen-bond acceptors (Lipinski definition) is 7. The number of nitriles is 2. The Hall–Kier alpha value is -0.151. The van der Waals surface area contributed by atoms with Crippen molar-refractivity contribution in [1.29, 1.82) is 10.5 Å². The molecule has 0 saturated heterocycles. The summed E-state index contributed by atoms with van der Waals surface area (Å²) in [7, 11) is 0. The molecule has 0 aliphatic heterocycles. The summed E-state index contributed by atoms with van der Waals surface area (Å²) >= 11 is 1.29. The van der Waals surface area contributed by atoms with Gasteiger partial charge >= 0.3 is 34.1 Å². The second kappa shape index (κ2) is 38.4. The van der Waals surface area contributed by atoms with E-state index in [1.807, 2.05) is 6.92 Å². The van der Waals surface area contributed by atoms with Crippen molar-refractivity contribution in [2.45, 2.75) is 19.4 Å². The van der Waals surface area contributed by atoms with Crippen molar-refractivity contribution in [3.05, 3.63) is 5.01 Å². The molecule has 0 aliphatic rings. The first kappa shape index (κ1) is 64.9. The first-order chi connectivity index (χ1) is 6.80. The van der Waals surface area contributed by atoms with Crippen LogP contribution < -0.4 is 37.2 Å². The van der Waals surface area contributed by atoms with Gasteiger partial charge in [-0.3, -0.25) is 0 Å². The molecule has 152 valence electrons. The number of azo groups is 1. The molecule has 0 bridgehead atoms. The van der Waals surface area contributed by atoms with Gasteiger partial charge < -0.3 is 64.6 Å². The van der Waals surface area contributed by atoms with Crippen LogP contribution in [0.1, 0.15) is 11.9 Å². The zero-order chi connectivity index (χ0) is 10.4. The normalized spacial score (nSPS) is 6.00. The van der Waals surface area contributed by atoms with Gasteiger partial charge in [0.1, 0.15) is 17.1 Å². The first-order valence-electron chi connectivity index (χ1n) is 3.82. The molecule has 1 rings (SSSR count). The molecular weight excluding hydrogens is 514 g/mol. The second-order valence-corrected chi connectivity index (χ2v) is 3.25. The minimum Gasteiger partial charge on any atom is -1.00 e. The van der Waals surface area contributed by atoms with E-state index in [-0.39, 0.29) is 98.7 Å². The van der Waals surface area contributed by atoms with E-state index in [1.54, 1.807) is 12.1 Å². The first-order valence-corrected chi connectivity index (χ1v) is 4.64. The molecule has 24 heavy (non-hydrogen) atoms. The topological polar surface area (TPSA) is 256 Å². The number of hydrogen-bond donors (Lipinski definition) is 0. The van der Waals surface area contributed by atoms with E-state index in [0.717, 1.165) is 11.4 Å². The molecule has 10 N–H and O–H groups in total. The zero-order valence-electron chi connectivity index (χ0n) is 11.6. The van der Waals surface area contributed by atoms with Crippen molar-refractivity contribution in [2.75, 3.05) is 0 Å². The van der Waals surface area contributed by atoms with Crippen LogP contribution in [0, 0.1) is 22.7 Å². The molecule has 1 heterocycles. The summed E-state index contributed by atoms with van der Waals surface area (Å²) in [5.74, 6) is 0. The predicted molar refractivity (Wildman–Crippen MR) is 66.9 cm³/mol. The van der Waals surface area contributed by atoms with Gasteiger partial charge in [0.2, 0.25) is 6.04 Å². The van der Waals surface area contributed by atoms with Gasteiger partial charge in [0, 0.05) is 0 Å². The Morgan fingerprint density at radius 3 is 1.67 bits per heavy atom. The molecular formula is C7H16Cl3Cu2N6O5S+. The average molecular weight is 530 g/mol. The summed E-state index contributed by atoms with van der Waals surface area (Å²) in [5, 5.41) is 32.7. The summed E-state index contributed by atoms with van der Waals surface area (Å²) in [5.41, 5.74) is 0. The smallest absolute Gasteiger partial charge is 1.00 e. The van der Waals surface area contributed by atoms with Gasteiger partial charge in [-0.15, -0.1) is 15.3 Å². The Kier molecular flexibility index (Phi) is 104. The Bertz CT molecular complexity index is 433. The molecule has 0 atom stereocenters. The SMILES string of the molecule is CCc1nnc(N=NC(C#N)C#N)s1.O.O.O.O.O.[Cl-].[Cl-].[Cl-].[Cu+2].[Cu+2]. The fraction of sp³-hybridized carbons (Fsp3) is 0.429. The molecule has 2 radical (unpaired) electrons. The minimum atomic E-state index is -1.07. The fourth-order valence-corrected chi connectivity index (χ4v) is 1.22. The number of aromatic nitrogens is 2. The molecule has 0 saturated carbocycles. The number of halogens is 3. The fourth-order valence-electron chi connectivity index (χ4n) is 0.616. The van der Waals surface area contributed by atoms with Gasteiger partial charge in [-0.05, 0) is 6.42 Å². The van der Waals surface area contributed by atoms with Crippen LogP contribution >= 0.6 is 11.3 Å². The van der Waals surface area contributed by atoms with Gasteiger partial charge in [0.15, 0.2) is 0 Å². The minimum absolute atomic E-state index is 0. The van der Waals surface area contributed by atoms with Crippen LogP contribution in [0.2, 0.25) is 0 Å². The van der Waals surface area contributed by atoms with Crippen LogP contribution in [0.25, 0.3) is 0 Å². The van der Waals surface area contributed by atoms with E-state index in [9.17, 15) is 0 Å². The summed E-state index contributed by atoms with van der Waals surface area (Å²) in [6.45, 7) is 1.95. The van der Waals surface area contributed by atoms with Crippen LogP contribution in [0.5, 0.6) is 0 Å². The Morgan fingerprint density at radius 1 is 0.958 bits per heavy atom. The van der Waals surface area contributed by atoms with Crippen molar-refractivity contribution >= 4 is 16.5 Å². The summed E-state index contributed by atoms with van der Waals surface area (Å²) in [6, 6.07) is 2.29. The van der Waals surface area contributed by atoms with Crippen LogP contribution in [0.15, 0.2) is 10.2 Å². The van der Waals surface area contributed by atoms with Gasteiger partial charge in [0.05, 0.1) is 0 Å². The van der Waals surface area contributed by atoms with Crippen molar-refractivity contribution in [3.8, 4) is 12.1 Å². The van der Waals surface area contributed by atoms with E-state index in [2.05, 4.69) is 20.4 Å². The van der Waals surface area contributed by atoms with Gasteiger partial charge in [-0.1, -0.05) is 18.3 Å². The van der Waals surface area contributed by atoms with Gasteiger partial charge in [0.25, 0.3) is 5.13 Å². The molecule has 0 aromatic carbocycles. The maximum absolute atomic E-state index is 8.40. The molecule has 0 spiro atoms. The zero-order valence-corrected chi connectivity index (χ0v) is 16.6. The maximum Gasteiger partial charge on any atom is 2.00 e. The third-order valence-corrected chi connectivity index (χ3v) is 2.21. The molecule has 0 amide bonds. The van der Waals surface area contributed by atoms with Crippen LogP contribution in [0.4, 0.5) is 5.13 Å². The Morgan fingerprint density at radius 2 is 1.38 bits per heavy atom. The van der Waals surface area contributed by atoms with E-state index < -0.39 is 6.04 Å². The van der Waals surface area contributed by atoms with Crippen molar-refractivity contribution < 1.29 is 98.7 Å². The number of nitrogens with zero attached hydrogens (tertiary/aromatic N) is 6. The molecule has 11 nitrogen and oxygen atoms in total. The maximum atomic E-state index is 8.40. The Labute approximate surface area is 182 Å². The Balaban J connectivity index is -0.0000000245. The van der Waals surface area contributed by atoms with Crippen LogP contribution in [-0.2, 0) is 40.6 Å². The van der Waals surface area contributed by atoms with E-state index >= 15 is 0 Å². The van der Waals surface area contributed by atoms with Crippen LogP contribution in [-0.4, -0.2) is 43.6 Å². The van der Waals surface area contributed by atoms with Gasteiger partial charge in [-0.2, -0.15) is 15.6 Å². The van der Waals surface area contributed by atoms with Crippen molar-refractivity contribution in [1.82, 2.24) is 10.2 Å². The third-order valence-electron chi connectivity index (χ3n) is 1.26. The molecule has 0 aliphatic carbocycles. The number of aryl methyl sites for hydroxylation is 1. The van der Waals surface area contributed by atoms with Crippen molar-refractivity contribution in [3.63, 3.8) is 0 Å². The van der Waals surface area contributed by atoms with Crippen LogP contribution in [0.3, 0.4) is 0 Å². The summed E-state index contributed by atoms with van der Waals surface area (Å²) in [6.07, 6.45) is 0.785. The summed E-state index contributed by atoms with van der Waals surface area (Å²) < 4.78 is 0. The molecule has 17 heteroatoms. The predicted octanol–water partition coefficient (Wildman–Crippen LogP) is -11.5. The monoisotopic (exact) mass is 527 g/mol. The van der Waals surface area contributed by atoms with Crippen molar-refractivity contribution in [2.24, 2.45) is 10.2 Å². The molecule has 1 aromatic heterocycles. The summed E-state index contributed by atoms with van der Waals surface area (Å²) in [4.78, 5) is 0. The van der Waals surface area contributed by atoms with E-state index in [0.29, 0.717) is 5.13 Å². The quantitative estimate of drug-likeness (QED) is 0.273. The average Bonchev–Trinajstić information content (AvgIpc) is 2.67. The molecule has 0 fully saturated rings. The van der Waals surface area contributed by atoms with Gasteiger partial charge in [-0.25, -0.2) is 0 Å². The standard InChI is InChI=1S/C7H6N6S.3ClH.2Cu.5H2O/c1-2-6-11-13-7(14-6)12-10-5(3-8)4-9;;;;;;;;;;/h5H,2H2,1H3;3*1H;;;5*1H2/q;;;;2*+2;;;;;/p-3. The second-order valence-electron chi connectivity index (χ2n) is 2.21. The molecule has 0 unspecified atom stereocenters. The van der Waals surface area contributed by atoms with E-state index in [1.165, 1.54) is 11.3 Å². The number of rotatable bonds is 3. The molecule has 1 aromatic rings.